The Morgan fingerprint density at radius 3 is 1.20 bits per heavy atom. The van der Waals surface area contributed by atoms with Crippen LogP contribution in [0.5, 0.6) is 0 Å². The van der Waals surface area contributed by atoms with Gasteiger partial charge in [-0.2, -0.15) is 0 Å². The Kier molecular flexibility index (Phi) is 44.4. The van der Waals surface area contributed by atoms with Crippen LogP contribution < -0.4 is 5.32 Å². The standard InChI is InChI=1S/C51H91NO3/c1-3-5-7-9-11-13-14-15-16-17-18-19-20-21-22-23-24-25-26-27-28-29-30-31-32-33-34-35-36-37-38-39-41-43-45-47-51(55)52-49(48-53)50(54)46-44-42-40-12-10-8-6-4-2/h5,7,11,13,15-16,18-19,21-22,24-25,49-50,53-54H,3-4,6,8-10,12,14,17,20,23,26-48H2,1-2H3,(H,52,55)/b7-5-,13-11-,16-15-,19-18-,22-21-,25-24-. The number of carbonyl (C=O) groups is 1. The molecule has 2 unspecified atom stereocenters. The van der Waals surface area contributed by atoms with E-state index in [1.54, 1.807) is 0 Å². The summed E-state index contributed by atoms with van der Waals surface area (Å²) in [5, 5.41) is 23.0. The summed E-state index contributed by atoms with van der Waals surface area (Å²) in [5.74, 6) is -0.0362. The molecule has 0 saturated heterocycles. The quantitative estimate of drug-likeness (QED) is 0.0428. The maximum absolute atomic E-state index is 12.4. The molecule has 0 fully saturated rings. The summed E-state index contributed by atoms with van der Waals surface area (Å²) in [6, 6.07) is -0.535. The molecule has 0 saturated carbocycles. The van der Waals surface area contributed by atoms with Gasteiger partial charge in [-0.15, -0.1) is 0 Å². The van der Waals surface area contributed by atoms with E-state index in [0.29, 0.717) is 12.8 Å². The third-order valence-corrected chi connectivity index (χ3v) is 10.5. The fourth-order valence-electron chi connectivity index (χ4n) is 6.89. The first-order valence-electron chi connectivity index (χ1n) is 23.6. The van der Waals surface area contributed by atoms with Crippen LogP contribution in [-0.2, 0) is 4.79 Å². The van der Waals surface area contributed by atoms with Crippen LogP contribution in [0.4, 0.5) is 0 Å². The highest BCUT2D eigenvalue weighted by Gasteiger charge is 2.20. The highest BCUT2D eigenvalue weighted by Crippen LogP contribution is 2.15. The summed E-state index contributed by atoms with van der Waals surface area (Å²) in [5.41, 5.74) is 0. The van der Waals surface area contributed by atoms with Gasteiger partial charge in [0.2, 0.25) is 5.91 Å². The molecular weight excluding hydrogens is 675 g/mol. The number of unbranched alkanes of at least 4 members (excludes halogenated alkanes) is 23. The van der Waals surface area contributed by atoms with E-state index in [0.717, 1.165) is 64.2 Å². The molecule has 0 bridgehead atoms. The molecule has 0 aromatic heterocycles. The summed E-state index contributed by atoms with van der Waals surface area (Å²) < 4.78 is 0. The molecule has 0 radical (unpaired) electrons. The van der Waals surface area contributed by atoms with Crippen LogP contribution in [-0.4, -0.2) is 34.9 Å². The second-order valence-electron chi connectivity index (χ2n) is 15.8. The highest BCUT2D eigenvalue weighted by molar-refractivity contribution is 5.76. The van der Waals surface area contributed by atoms with Crippen molar-refractivity contribution < 1.29 is 15.0 Å². The fraction of sp³-hybridized carbons (Fsp3) is 0.745. The molecule has 55 heavy (non-hydrogen) atoms. The van der Waals surface area contributed by atoms with Gasteiger partial charge in [-0.3, -0.25) is 4.79 Å². The molecule has 2 atom stereocenters. The number of amides is 1. The molecule has 0 heterocycles. The molecule has 4 nitrogen and oxygen atoms in total. The van der Waals surface area contributed by atoms with Crippen molar-refractivity contribution in [3.05, 3.63) is 72.9 Å². The summed E-state index contributed by atoms with van der Waals surface area (Å²) >= 11 is 0. The Hall–Kier alpha value is -2.17. The van der Waals surface area contributed by atoms with Crippen LogP contribution in [0.3, 0.4) is 0 Å². The van der Waals surface area contributed by atoms with Gasteiger partial charge in [0, 0.05) is 6.42 Å². The molecule has 0 aliphatic carbocycles. The number of allylic oxidation sites excluding steroid dienone is 12. The van der Waals surface area contributed by atoms with Gasteiger partial charge in [-0.25, -0.2) is 0 Å². The minimum atomic E-state index is -0.658. The van der Waals surface area contributed by atoms with Crippen molar-refractivity contribution in [1.82, 2.24) is 5.32 Å². The molecule has 0 aliphatic heterocycles. The number of aliphatic hydroxyl groups excluding tert-OH is 2. The maximum Gasteiger partial charge on any atom is 0.220 e. The van der Waals surface area contributed by atoms with E-state index in [1.807, 2.05) is 0 Å². The lowest BCUT2D eigenvalue weighted by molar-refractivity contribution is -0.123. The summed E-state index contributed by atoms with van der Waals surface area (Å²) in [4.78, 5) is 12.4. The molecule has 0 aliphatic rings. The Morgan fingerprint density at radius 2 is 0.800 bits per heavy atom. The van der Waals surface area contributed by atoms with Crippen LogP contribution in [0.15, 0.2) is 72.9 Å². The fourth-order valence-corrected chi connectivity index (χ4v) is 6.89. The Bertz CT molecular complexity index is 961. The average Bonchev–Trinajstić information content (AvgIpc) is 3.19. The summed E-state index contributed by atoms with van der Waals surface area (Å²) in [7, 11) is 0. The first-order valence-corrected chi connectivity index (χ1v) is 23.6. The van der Waals surface area contributed by atoms with E-state index in [1.165, 1.54) is 135 Å². The minimum Gasteiger partial charge on any atom is -0.394 e. The van der Waals surface area contributed by atoms with Crippen molar-refractivity contribution in [3.8, 4) is 0 Å². The van der Waals surface area contributed by atoms with Crippen molar-refractivity contribution >= 4 is 5.91 Å². The van der Waals surface area contributed by atoms with Gasteiger partial charge in [0.1, 0.15) is 0 Å². The van der Waals surface area contributed by atoms with Crippen LogP contribution >= 0.6 is 0 Å². The van der Waals surface area contributed by atoms with E-state index in [2.05, 4.69) is 92.1 Å². The van der Waals surface area contributed by atoms with E-state index in [9.17, 15) is 15.0 Å². The van der Waals surface area contributed by atoms with Crippen LogP contribution in [0.25, 0.3) is 0 Å². The molecule has 1 amide bonds. The molecule has 0 rings (SSSR count). The summed E-state index contributed by atoms with van der Waals surface area (Å²) in [6.45, 7) is 4.21. The normalized spacial score (nSPS) is 13.6. The zero-order chi connectivity index (χ0) is 40.0. The van der Waals surface area contributed by atoms with E-state index >= 15 is 0 Å². The lowest BCUT2D eigenvalue weighted by Gasteiger charge is -2.22. The van der Waals surface area contributed by atoms with Crippen LogP contribution in [0.2, 0.25) is 0 Å². The Morgan fingerprint density at radius 1 is 0.455 bits per heavy atom. The van der Waals surface area contributed by atoms with Gasteiger partial charge >= 0.3 is 0 Å². The number of hydrogen-bond donors (Lipinski definition) is 3. The third kappa shape index (κ3) is 42.8. The predicted octanol–water partition coefficient (Wildman–Crippen LogP) is 15.1. The van der Waals surface area contributed by atoms with E-state index < -0.39 is 12.1 Å². The topological polar surface area (TPSA) is 69.6 Å². The first-order chi connectivity index (χ1) is 27.2. The monoisotopic (exact) mass is 766 g/mol. The maximum atomic E-state index is 12.4. The molecule has 3 N–H and O–H groups in total. The largest absolute Gasteiger partial charge is 0.394 e. The number of nitrogens with one attached hydrogen (secondary N) is 1. The molecule has 0 spiro atoms. The SMILES string of the molecule is CC/C=C\C/C=C\C/C=C\C/C=C\C/C=C\C/C=C\CCCCCCCCCCCCCCCCCCC(=O)NC(CO)C(O)CCCCCCCCCC. The van der Waals surface area contributed by atoms with E-state index in [4.69, 9.17) is 0 Å². The third-order valence-electron chi connectivity index (χ3n) is 10.5. The molecule has 4 heteroatoms. The number of hydrogen-bond acceptors (Lipinski definition) is 3. The van der Waals surface area contributed by atoms with Crippen molar-refractivity contribution in [2.45, 2.75) is 238 Å². The molecule has 0 aromatic carbocycles. The van der Waals surface area contributed by atoms with Crippen molar-refractivity contribution in [3.63, 3.8) is 0 Å². The van der Waals surface area contributed by atoms with Crippen molar-refractivity contribution in [2.24, 2.45) is 0 Å². The lowest BCUT2D eigenvalue weighted by Crippen LogP contribution is -2.45. The molecule has 318 valence electrons. The Labute approximate surface area is 342 Å². The molecular formula is C51H91NO3. The highest BCUT2D eigenvalue weighted by atomic mass is 16.3. The van der Waals surface area contributed by atoms with Crippen molar-refractivity contribution in [1.29, 1.82) is 0 Å². The second kappa shape index (κ2) is 46.2. The minimum absolute atomic E-state index is 0.0362. The van der Waals surface area contributed by atoms with Gasteiger partial charge < -0.3 is 15.5 Å². The zero-order valence-corrected chi connectivity index (χ0v) is 36.4. The summed E-state index contributed by atoms with van der Waals surface area (Å²) in [6.07, 6.45) is 65.8. The average molecular weight is 766 g/mol. The van der Waals surface area contributed by atoms with Gasteiger partial charge in [-0.1, -0.05) is 228 Å². The lowest BCUT2D eigenvalue weighted by atomic mass is 10.0. The Balaban J connectivity index is 3.45. The van der Waals surface area contributed by atoms with Crippen molar-refractivity contribution in [2.75, 3.05) is 6.61 Å². The van der Waals surface area contributed by atoms with E-state index in [-0.39, 0.29) is 12.5 Å². The number of rotatable bonds is 42. The molecule has 0 aromatic rings. The van der Waals surface area contributed by atoms with Gasteiger partial charge in [0.25, 0.3) is 0 Å². The number of aliphatic hydroxyl groups is 2. The zero-order valence-electron chi connectivity index (χ0n) is 36.4. The van der Waals surface area contributed by atoms with Gasteiger partial charge in [0.15, 0.2) is 0 Å². The van der Waals surface area contributed by atoms with Gasteiger partial charge in [0.05, 0.1) is 18.8 Å². The van der Waals surface area contributed by atoms with Gasteiger partial charge in [-0.05, 0) is 64.2 Å². The van der Waals surface area contributed by atoms with Crippen LogP contribution in [0.1, 0.15) is 226 Å². The smallest absolute Gasteiger partial charge is 0.220 e. The predicted molar refractivity (Wildman–Crippen MR) is 244 cm³/mol. The second-order valence-corrected chi connectivity index (χ2v) is 15.8. The number of carbonyl (C=O) groups excluding carboxylic acids is 1. The first kappa shape index (κ1) is 52.8. The van der Waals surface area contributed by atoms with Crippen LogP contribution in [0, 0.1) is 0 Å².